The molecule has 1 aromatic rings. The van der Waals surface area contributed by atoms with Gasteiger partial charge in [0.15, 0.2) is 0 Å². The van der Waals surface area contributed by atoms with Crippen LogP contribution in [-0.4, -0.2) is 34.0 Å². The third-order valence-corrected chi connectivity index (χ3v) is 4.38. The van der Waals surface area contributed by atoms with Gasteiger partial charge in [0.25, 0.3) is 0 Å². The molecule has 1 aliphatic heterocycles. The average molecular weight is 246 g/mol. The van der Waals surface area contributed by atoms with Crippen molar-refractivity contribution >= 4 is 5.95 Å². The SMILES string of the molecule is CCCN1CCCC2c3nc(N)ncc3CCC21. The second-order valence-corrected chi connectivity index (χ2v) is 5.53. The fourth-order valence-electron chi connectivity index (χ4n) is 3.65. The lowest BCUT2D eigenvalue weighted by atomic mass is 9.77. The van der Waals surface area contributed by atoms with E-state index in [0.717, 1.165) is 6.42 Å². The molecule has 4 heteroatoms. The van der Waals surface area contributed by atoms with Crippen molar-refractivity contribution in [1.29, 1.82) is 0 Å². The molecule has 98 valence electrons. The molecule has 3 rings (SSSR count). The first kappa shape index (κ1) is 11.9. The summed E-state index contributed by atoms with van der Waals surface area (Å²) in [5.74, 6) is 1.02. The van der Waals surface area contributed by atoms with E-state index in [9.17, 15) is 0 Å². The molecule has 0 saturated carbocycles. The molecule has 18 heavy (non-hydrogen) atoms. The van der Waals surface area contributed by atoms with Gasteiger partial charge in [0.1, 0.15) is 0 Å². The number of nitrogens with zero attached hydrogens (tertiary/aromatic N) is 3. The quantitative estimate of drug-likeness (QED) is 0.866. The molecule has 0 bridgehead atoms. The molecule has 0 amide bonds. The Labute approximate surface area is 109 Å². The standard InChI is InChI=1S/C14H22N4/c1-2-7-18-8-3-4-11-12(18)6-5-10-9-16-14(15)17-13(10)11/h9,11-12H,2-8H2,1H3,(H2,15,16,17). The summed E-state index contributed by atoms with van der Waals surface area (Å²) in [6, 6.07) is 0.681. The van der Waals surface area contributed by atoms with E-state index in [1.165, 1.54) is 50.0 Å². The minimum absolute atomic E-state index is 0.432. The Kier molecular flexibility index (Phi) is 3.20. The lowest BCUT2D eigenvalue weighted by Gasteiger charge is -2.44. The van der Waals surface area contributed by atoms with Crippen molar-refractivity contribution in [1.82, 2.24) is 14.9 Å². The summed E-state index contributed by atoms with van der Waals surface area (Å²) in [4.78, 5) is 11.3. The highest BCUT2D eigenvalue weighted by molar-refractivity contribution is 5.32. The zero-order chi connectivity index (χ0) is 12.5. The van der Waals surface area contributed by atoms with Crippen molar-refractivity contribution in [2.24, 2.45) is 0 Å². The van der Waals surface area contributed by atoms with Crippen molar-refractivity contribution < 1.29 is 0 Å². The number of hydrogen-bond donors (Lipinski definition) is 1. The molecule has 2 heterocycles. The molecule has 4 nitrogen and oxygen atoms in total. The maximum atomic E-state index is 5.76. The third kappa shape index (κ3) is 1.99. The van der Waals surface area contributed by atoms with Crippen LogP contribution < -0.4 is 5.73 Å². The average Bonchev–Trinajstić information content (AvgIpc) is 2.39. The number of fused-ring (bicyclic) bond motifs is 3. The summed E-state index contributed by atoms with van der Waals surface area (Å²) in [5.41, 5.74) is 8.32. The van der Waals surface area contributed by atoms with E-state index in [1.807, 2.05) is 6.20 Å². The predicted octanol–water partition coefficient (Wildman–Crippen LogP) is 1.96. The molecule has 1 saturated heterocycles. The van der Waals surface area contributed by atoms with Crippen molar-refractivity contribution in [3.8, 4) is 0 Å². The highest BCUT2D eigenvalue weighted by Crippen LogP contribution is 2.39. The number of nitrogen functional groups attached to an aromatic ring is 1. The van der Waals surface area contributed by atoms with E-state index in [0.29, 0.717) is 17.9 Å². The Balaban J connectivity index is 1.91. The van der Waals surface area contributed by atoms with Crippen LogP contribution in [0.2, 0.25) is 0 Å². The molecule has 0 spiro atoms. The van der Waals surface area contributed by atoms with E-state index in [2.05, 4.69) is 21.8 Å². The van der Waals surface area contributed by atoms with Gasteiger partial charge in [-0.1, -0.05) is 6.92 Å². The summed E-state index contributed by atoms with van der Waals surface area (Å²) in [7, 11) is 0. The van der Waals surface area contributed by atoms with Crippen LogP contribution in [0.25, 0.3) is 0 Å². The van der Waals surface area contributed by atoms with E-state index < -0.39 is 0 Å². The van der Waals surface area contributed by atoms with Crippen LogP contribution in [0.5, 0.6) is 0 Å². The Morgan fingerprint density at radius 2 is 2.33 bits per heavy atom. The first-order valence-electron chi connectivity index (χ1n) is 7.15. The maximum absolute atomic E-state index is 5.76. The van der Waals surface area contributed by atoms with Gasteiger partial charge in [0.05, 0.1) is 5.69 Å². The fourth-order valence-corrected chi connectivity index (χ4v) is 3.65. The number of rotatable bonds is 2. The maximum Gasteiger partial charge on any atom is 0.220 e. The second-order valence-electron chi connectivity index (χ2n) is 5.53. The molecule has 2 unspecified atom stereocenters. The zero-order valence-corrected chi connectivity index (χ0v) is 11.1. The van der Waals surface area contributed by atoms with Gasteiger partial charge in [0, 0.05) is 18.2 Å². The third-order valence-electron chi connectivity index (χ3n) is 4.38. The molecular weight excluding hydrogens is 224 g/mol. The lowest BCUT2D eigenvalue weighted by Crippen LogP contribution is -2.46. The van der Waals surface area contributed by atoms with Crippen molar-refractivity contribution in [3.63, 3.8) is 0 Å². The smallest absolute Gasteiger partial charge is 0.220 e. The Bertz CT molecular complexity index is 430. The highest BCUT2D eigenvalue weighted by Gasteiger charge is 2.36. The van der Waals surface area contributed by atoms with Crippen LogP contribution in [0.1, 0.15) is 49.8 Å². The molecule has 0 aromatic carbocycles. The molecule has 2 aliphatic rings. The molecular formula is C14H22N4. The summed E-state index contributed by atoms with van der Waals surface area (Å²) in [6.07, 6.45) is 8.08. The van der Waals surface area contributed by atoms with Crippen LogP contribution in [-0.2, 0) is 6.42 Å². The number of piperidine rings is 1. The van der Waals surface area contributed by atoms with Gasteiger partial charge in [0.2, 0.25) is 5.95 Å². The summed E-state index contributed by atoms with van der Waals surface area (Å²) >= 11 is 0. The van der Waals surface area contributed by atoms with Crippen LogP contribution in [0.3, 0.4) is 0 Å². The first-order chi connectivity index (χ1) is 8.79. The van der Waals surface area contributed by atoms with Gasteiger partial charge in [-0.15, -0.1) is 0 Å². The first-order valence-corrected chi connectivity index (χ1v) is 7.15. The molecule has 0 radical (unpaired) electrons. The summed E-state index contributed by atoms with van der Waals surface area (Å²) in [5, 5.41) is 0. The number of aromatic nitrogens is 2. The van der Waals surface area contributed by atoms with Crippen LogP contribution in [0.4, 0.5) is 5.95 Å². The number of hydrogen-bond acceptors (Lipinski definition) is 4. The second kappa shape index (κ2) is 4.84. The van der Waals surface area contributed by atoms with E-state index in [-0.39, 0.29) is 0 Å². The predicted molar refractivity (Wildman–Crippen MR) is 72.4 cm³/mol. The zero-order valence-electron chi connectivity index (χ0n) is 11.1. The van der Waals surface area contributed by atoms with E-state index in [4.69, 9.17) is 5.73 Å². The van der Waals surface area contributed by atoms with Crippen LogP contribution in [0.15, 0.2) is 6.20 Å². The van der Waals surface area contributed by atoms with Crippen molar-refractivity contribution in [2.75, 3.05) is 18.8 Å². The summed E-state index contributed by atoms with van der Waals surface area (Å²) < 4.78 is 0. The van der Waals surface area contributed by atoms with Gasteiger partial charge in [-0.2, -0.15) is 0 Å². The Morgan fingerprint density at radius 1 is 1.44 bits per heavy atom. The fraction of sp³-hybridized carbons (Fsp3) is 0.714. The van der Waals surface area contributed by atoms with Gasteiger partial charge in [-0.3, -0.25) is 4.90 Å². The minimum atomic E-state index is 0.432. The van der Waals surface area contributed by atoms with Gasteiger partial charge >= 0.3 is 0 Å². The molecule has 1 aliphatic carbocycles. The lowest BCUT2D eigenvalue weighted by molar-refractivity contribution is 0.111. The van der Waals surface area contributed by atoms with Crippen LogP contribution >= 0.6 is 0 Å². The molecule has 2 N–H and O–H groups in total. The number of aryl methyl sites for hydroxylation is 1. The van der Waals surface area contributed by atoms with Gasteiger partial charge in [-0.25, -0.2) is 9.97 Å². The number of likely N-dealkylation sites (tertiary alicyclic amines) is 1. The number of nitrogens with two attached hydrogens (primary N) is 1. The van der Waals surface area contributed by atoms with E-state index >= 15 is 0 Å². The van der Waals surface area contributed by atoms with Crippen LogP contribution in [0, 0.1) is 0 Å². The largest absolute Gasteiger partial charge is 0.368 e. The minimum Gasteiger partial charge on any atom is -0.368 e. The molecule has 2 atom stereocenters. The van der Waals surface area contributed by atoms with Gasteiger partial charge in [-0.05, 0) is 50.8 Å². The monoisotopic (exact) mass is 246 g/mol. The van der Waals surface area contributed by atoms with E-state index in [1.54, 1.807) is 0 Å². The Hall–Kier alpha value is -1.16. The Morgan fingerprint density at radius 3 is 3.17 bits per heavy atom. The molecule has 1 fully saturated rings. The highest BCUT2D eigenvalue weighted by atomic mass is 15.2. The normalized spacial score (nSPS) is 27.6. The molecule has 1 aromatic heterocycles. The summed E-state index contributed by atoms with van der Waals surface area (Å²) in [6.45, 7) is 4.74. The number of anilines is 1. The van der Waals surface area contributed by atoms with Gasteiger partial charge < -0.3 is 5.73 Å². The van der Waals surface area contributed by atoms with Crippen molar-refractivity contribution in [2.45, 2.75) is 51.0 Å². The van der Waals surface area contributed by atoms with Crippen molar-refractivity contribution in [3.05, 3.63) is 17.5 Å². The topological polar surface area (TPSA) is 55.0 Å².